The van der Waals surface area contributed by atoms with Gasteiger partial charge in [-0.3, -0.25) is 0 Å². The summed E-state index contributed by atoms with van der Waals surface area (Å²) in [6.45, 7) is 3.72. The van der Waals surface area contributed by atoms with Gasteiger partial charge in [0.25, 0.3) is 0 Å². The lowest BCUT2D eigenvalue weighted by Crippen LogP contribution is -2.16. The molecule has 3 heteroatoms. The van der Waals surface area contributed by atoms with Gasteiger partial charge in [-0.2, -0.15) is 0 Å². The number of hydrogen-bond acceptors (Lipinski definition) is 1. The molecule has 1 rings (SSSR count). The SMILES string of the molecule is CC(CN)Cn1cccc1Cl. The van der Waals surface area contributed by atoms with Crippen molar-refractivity contribution in [3.63, 3.8) is 0 Å². The smallest absolute Gasteiger partial charge is 0.108 e. The van der Waals surface area contributed by atoms with E-state index in [1.54, 1.807) is 0 Å². The van der Waals surface area contributed by atoms with E-state index >= 15 is 0 Å². The summed E-state index contributed by atoms with van der Waals surface area (Å²) in [5.41, 5.74) is 5.48. The van der Waals surface area contributed by atoms with Gasteiger partial charge in [0.05, 0.1) is 0 Å². The minimum Gasteiger partial charge on any atom is -0.338 e. The van der Waals surface area contributed by atoms with Crippen LogP contribution in [0.4, 0.5) is 0 Å². The fourth-order valence-electron chi connectivity index (χ4n) is 0.952. The maximum atomic E-state index is 5.86. The van der Waals surface area contributed by atoms with Crippen LogP contribution in [0.1, 0.15) is 6.92 Å². The zero-order valence-corrected chi connectivity index (χ0v) is 7.38. The third-order valence-electron chi connectivity index (χ3n) is 1.68. The van der Waals surface area contributed by atoms with Crippen molar-refractivity contribution in [3.8, 4) is 0 Å². The summed E-state index contributed by atoms with van der Waals surface area (Å²) in [5.74, 6) is 0.486. The van der Waals surface area contributed by atoms with Gasteiger partial charge < -0.3 is 10.3 Å². The minimum atomic E-state index is 0.486. The fraction of sp³-hybridized carbons (Fsp3) is 0.500. The summed E-state index contributed by atoms with van der Waals surface area (Å²) in [6, 6.07) is 3.82. The molecule has 1 aromatic rings. The Labute approximate surface area is 72.0 Å². The Kier molecular flexibility index (Phi) is 2.97. The second kappa shape index (κ2) is 3.79. The molecule has 0 fully saturated rings. The Morgan fingerprint density at radius 3 is 2.91 bits per heavy atom. The molecule has 0 radical (unpaired) electrons. The maximum absolute atomic E-state index is 5.86. The van der Waals surface area contributed by atoms with Crippen LogP contribution >= 0.6 is 11.6 Å². The van der Waals surface area contributed by atoms with Crippen LogP contribution in [0.5, 0.6) is 0 Å². The van der Waals surface area contributed by atoms with Crippen LogP contribution in [0.25, 0.3) is 0 Å². The van der Waals surface area contributed by atoms with Gasteiger partial charge in [-0.05, 0) is 24.6 Å². The van der Waals surface area contributed by atoms with Crippen LogP contribution in [0.15, 0.2) is 18.3 Å². The standard InChI is InChI=1S/C8H13ClN2/c1-7(5-10)6-11-4-2-3-8(11)9/h2-4,7H,5-6,10H2,1H3. The lowest BCUT2D eigenvalue weighted by molar-refractivity contribution is 0.493. The topological polar surface area (TPSA) is 30.9 Å². The van der Waals surface area contributed by atoms with Crippen molar-refractivity contribution >= 4 is 11.6 Å². The molecule has 0 bridgehead atoms. The summed E-state index contributed by atoms with van der Waals surface area (Å²) in [4.78, 5) is 0. The molecule has 1 heterocycles. The van der Waals surface area contributed by atoms with Crippen LogP contribution in [0.3, 0.4) is 0 Å². The predicted octanol–water partition coefficient (Wildman–Crippen LogP) is 1.74. The molecule has 0 saturated heterocycles. The lowest BCUT2D eigenvalue weighted by Gasteiger charge is -2.09. The van der Waals surface area contributed by atoms with E-state index in [2.05, 4.69) is 6.92 Å². The van der Waals surface area contributed by atoms with E-state index in [1.807, 2.05) is 22.9 Å². The average molecular weight is 173 g/mol. The molecule has 1 atom stereocenters. The molecule has 2 N–H and O–H groups in total. The molecule has 0 aromatic carbocycles. The molecule has 11 heavy (non-hydrogen) atoms. The van der Waals surface area contributed by atoms with Crippen molar-refractivity contribution in [1.82, 2.24) is 4.57 Å². The quantitative estimate of drug-likeness (QED) is 0.740. The zero-order chi connectivity index (χ0) is 8.27. The van der Waals surface area contributed by atoms with Crippen molar-refractivity contribution in [1.29, 1.82) is 0 Å². The van der Waals surface area contributed by atoms with E-state index in [0.29, 0.717) is 12.5 Å². The first-order valence-electron chi connectivity index (χ1n) is 3.74. The molecule has 2 nitrogen and oxygen atoms in total. The highest BCUT2D eigenvalue weighted by Crippen LogP contribution is 2.11. The highest BCUT2D eigenvalue weighted by Gasteiger charge is 2.01. The molecule has 0 aliphatic heterocycles. The van der Waals surface area contributed by atoms with Gasteiger partial charge in [0.2, 0.25) is 0 Å². The van der Waals surface area contributed by atoms with Crippen molar-refractivity contribution in [3.05, 3.63) is 23.5 Å². The minimum absolute atomic E-state index is 0.486. The third-order valence-corrected chi connectivity index (χ3v) is 2.03. The molecule has 62 valence electrons. The van der Waals surface area contributed by atoms with E-state index in [9.17, 15) is 0 Å². The molecule has 1 aromatic heterocycles. The monoisotopic (exact) mass is 172 g/mol. The highest BCUT2D eigenvalue weighted by molar-refractivity contribution is 6.29. The van der Waals surface area contributed by atoms with Gasteiger partial charge in [-0.15, -0.1) is 0 Å². The fourth-order valence-corrected chi connectivity index (χ4v) is 1.15. The molecule has 0 aliphatic rings. The van der Waals surface area contributed by atoms with Gasteiger partial charge in [-0.25, -0.2) is 0 Å². The molecular weight excluding hydrogens is 160 g/mol. The number of hydrogen-bond donors (Lipinski definition) is 1. The van der Waals surface area contributed by atoms with Gasteiger partial charge in [0.15, 0.2) is 0 Å². The van der Waals surface area contributed by atoms with Gasteiger partial charge in [0.1, 0.15) is 5.15 Å². The zero-order valence-electron chi connectivity index (χ0n) is 6.63. The molecule has 0 aliphatic carbocycles. The van der Waals surface area contributed by atoms with Crippen LogP contribution in [0, 0.1) is 5.92 Å². The lowest BCUT2D eigenvalue weighted by atomic mass is 10.2. The molecule has 0 spiro atoms. The Balaban J connectivity index is 2.56. The first kappa shape index (κ1) is 8.62. The van der Waals surface area contributed by atoms with Crippen LogP contribution in [-0.4, -0.2) is 11.1 Å². The van der Waals surface area contributed by atoms with Crippen molar-refractivity contribution in [2.45, 2.75) is 13.5 Å². The maximum Gasteiger partial charge on any atom is 0.108 e. The number of rotatable bonds is 3. The Morgan fingerprint density at radius 1 is 1.73 bits per heavy atom. The largest absolute Gasteiger partial charge is 0.338 e. The van der Waals surface area contributed by atoms with Crippen LogP contribution < -0.4 is 5.73 Å². The second-order valence-corrected chi connectivity index (χ2v) is 3.21. The molecule has 1 unspecified atom stereocenters. The molecular formula is C8H13ClN2. The summed E-state index contributed by atoms with van der Waals surface area (Å²) < 4.78 is 2.00. The molecule has 0 amide bonds. The van der Waals surface area contributed by atoms with Crippen molar-refractivity contribution in [2.75, 3.05) is 6.54 Å². The normalized spacial score (nSPS) is 13.4. The number of nitrogens with two attached hydrogens (primary N) is 1. The Hall–Kier alpha value is -0.470. The van der Waals surface area contributed by atoms with Gasteiger partial charge in [0, 0.05) is 12.7 Å². The van der Waals surface area contributed by atoms with E-state index in [1.165, 1.54) is 0 Å². The highest BCUT2D eigenvalue weighted by atomic mass is 35.5. The van der Waals surface area contributed by atoms with E-state index in [-0.39, 0.29) is 0 Å². The van der Waals surface area contributed by atoms with Crippen molar-refractivity contribution in [2.24, 2.45) is 11.7 Å². The average Bonchev–Trinajstić information content (AvgIpc) is 2.37. The van der Waals surface area contributed by atoms with E-state index in [0.717, 1.165) is 11.7 Å². The second-order valence-electron chi connectivity index (χ2n) is 2.82. The Morgan fingerprint density at radius 2 is 2.45 bits per heavy atom. The number of halogens is 1. The summed E-state index contributed by atoms with van der Waals surface area (Å²) in [5, 5.41) is 0.783. The molecule has 0 saturated carbocycles. The summed E-state index contributed by atoms with van der Waals surface area (Å²) in [7, 11) is 0. The first-order valence-corrected chi connectivity index (χ1v) is 4.12. The van der Waals surface area contributed by atoms with Gasteiger partial charge >= 0.3 is 0 Å². The summed E-state index contributed by atoms with van der Waals surface area (Å²) in [6.07, 6.45) is 1.97. The van der Waals surface area contributed by atoms with Crippen molar-refractivity contribution < 1.29 is 0 Å². The third kappa shape index (κ3) is 2.24. The number of aromatic nitrogens is 1. The van der Waals surface area contributed by atoms with Crippen LogP contribution in [-0.2, 0) is 6.54 Å². The van der Waals surface area contributed by atoms with Gasteiger partial charge in [-0.1, -0.05) is 18.5 Å². The van der Waals surface area contributed by atoms with E-state index < -0.39 is 0 Å². The number of nitrogens with zero attached hydrogens (tertiary/aromatic N) is 1. The first-order chi connectivity index (χ1) is 5.24. The summed E-state index contributed by atoms with van der Waals surface area (Å²) >= 11 is 5.86. The Bertz CT molecular complexity index is 220. The van der Waals surface area contributed by atoms with Crippen LogP contribution in [0.2, 0.25) is 5.15 Å². The van der Waals surface area contributed by atoms with E-state index in [4.69, 9.17) is 17.3 Å². The predicted molar refractivity (Wildman–Crippen MR) is 47.7 cm³/mol.